The van der Waals surface area contributed by atoms with Crippen LogP contribution in [0.15, 0.2) is 0 Å². The standard InChI is InChI=1S/C7H13NO/c1-2-5-8-6-3-4-7(8)9/h2-6H2,1H3/p+1. The molecule has 0 fully saturated rings. The molecule has 1 aliphatic rings. The maximum absolute atomic E-state index is 9.16. The van der Waals surface area contributed by atoms with Gasteiger partial charge in [-0.1, -0.05) is 6.92 Å². The maximum atomic E-state index is 9.16. The van der Waals surface area contributed by atoms with E-state index in [0.29, 0.717) is 5.90 Å². The van der Waals surface area contributed by atoms with Crippen LogP contribution in [0.4, 0.5) is 0 Å². The Hall–Kier alpha value is -0.530. The van der Waals surface area contributed by atoms with E-state index in [1.54, 1.807) is 0 Å². The molecular formula is C7H14NO+. The molecular weight excluding hydrogens is 114 g/mol. The number of aliphatic hydroxyl groups is 1. The highest BCUT2D eigenvalue weighted by Gasteiger charge is 2.19. The molecule has 0 aromatic carbocycles. The lowest BCUT2D eigenvalue weighted by Crippen LogP contribution is -2.15. The zero-order valence-corrected chi connectivity index (χ0v) is 5.93. The Morgan fingerprint density at radius 1 is 1.67 bits per heavy atom. The van der Waals surface area contributed by atoms with Gasteiger partial charge in [-0.15, -0.1) is 0 Å². The summed E-state index contributed by atoms with van der Waals surface area (Å²) in [5, 5.41) is 9.16. The van der Waals surface area contributed by atoms with Gasteiger partial charge in [-0.3, -0.25) is 0 Å². The zero-order valence-electron chi connectivity index (χ0n) is 5.93. The summed E-state index contributed by atoms with van der Waals surface area (Å²) in [6.45, 7) is 4.21. The van der Waals surface area contributed by atoms with Crippen molar-refractivity contribution in [2.75, 3.05) is 13.1 Å². The molecule has 52 valence electrons. The fourth-order valence-electron chi connectivity index (χ4n) is 1.23. The van der Waals surface area contributed by atoms with E-state index < -0.39 is 0 Å². The smallest absolute Gasteiger partial charge is 0.334 e. The quantitative estimate of drug-likeness (QED) is 0.554. The molecule has 0 radical (unpaired) electrons. The molecule has 1 rings (SSSR count). The Kier molecular flexibility index (Phi) is 2.09. The Bertz CT molecular complexity index is 129. The molecule has 2 nitrogen and oxygen atoms in total. The normalized spacial score (nSPS) is 19.2. The highest BCUT2D eigenvalue weighted by atomic mass is 16.3. The second-order valence-electron chi connectivity index (χ2n) is 2.51. The Balaban J connectivity index is 2.45. The molecule has 0 aromatic rings. The lowest BCUT2D eigenvalue weighted by molar-refractivity contribution is -0.526. The molecule has 0 unspecified atom stereocenters. The summed E-state index contributed by atoms with van der Waals surface area (Å²) in [6.07, 6.45) is 3.15. The van der Waals surface area contributed by atoms with E-state index in [1.807, 2.05) is 0 Å². The zero-order chi connectivity index (χ0) is 6.69. The molecule has 0 spiro atoms. The Morgan fingerprint density at radius 2 is 2.44 bits per heavy atom. The van der Waals surface area contributed by atoms with E-state index >= 15 is 0 Å². The van der Waals surface area contributed by atoms with Crippen LogP contribution in [0.5, 0.6) is 0 Å². The van der Waals surface area contributed by atoms with Crippen molar-refractivity contribution in [3.63, 3.8) is 0 Å². The molecule has 0 bridgehead atoms. The summed E-state index contributed by atoms with van der Waals surface area (Å²) >= 11 is 0. The number of hydrogen-bond donors (Lipinski definition) is 1. The van der Waals surface area contributed by atoms with E-state index in [0.717, 1.165) is 32.4 Å². The highest BCUT2D eigenvalue weighted by molar-refractivity contribution is 5.69. The first-order valence-corrected chi connectivity index (χ1v) is 3.64. The SMILES string of the molecule is CCC[N+]1=C(O)CCC1. The molecule has 1 heterocycles. The molecule has 9 heavy (non-hydrogen) atoms. The Morgan fingerprint density at radius 3 is 2.89 bits per heavy atom. The van der Waals surface area contributed by atoms with E-state index in [2.05, 4.69) is 11.5 Å². The van der Waals surface area contributed by atoms with Crippen molar-refractivity contribution >= 4 is 5.90 Å². The average molecular weight is 128 g/mol. The van der Waals surface area contributed by atoms with Gasteiger partial charge in [-0.05, 0) is 0 Å². The van der Waals surface area contributed by atoms with Crippen LogP contribution in [0.3, 0.4) is 0 Å². The topological polar surface area (TPSA) is 23.2 Å². The number of hydrogen-bond acceptors (Lipinski definition) is 0. The van der Waals surface area contributed by atoms with Gasteiger partial charge in [-0.2, -0.15) is 0 Å². The second-order valence-corrected chi connectivity index (χ2v) is 2.51. The third kappa shape index (κ3) is 1.44. The Labute approximate surface area is 55.8 Å². The predicted octanol–water partition coefficient (Wildman–Crippen LogP) is 1.16. The molecule has 2 heteroatoms. The molecule has 1 N–H and O–H groups in total. The van der Waals surface area contributed by atoms with Crippen molar-refractivity contribution in [2.24, 2.45) is 0 Å². The summed E-state index contributed by atoms with van der Waals surface area (Å²) in [7, 11) is 0. The van der Waals surface area contributed by atoms with Crippen LogP contribution >= 0.6 is 0 Å². The van der Waals surface area contributed by atoms with Gasteiger partial charge >= 0.3 is 5.90 Å². The third-order valence-electron chi connectivity index (χ3n) is 1.69. The number of rotatable bonds is 2. The van der Waals surface area contributed by atoms with E-state index in [1.165, 1.54) is 0 Å². The van der Waals surface area contributed by atoms with E-state index in [-0.39, 0.29) is 0 Å². The van der Waals surface area contributed by atoms with Gasteiger partial charge in [0.25, 0.3) is 0 Å². The molecule has 0 aliphatic carbocycles. The largest absolute Gasteiger partial charge is 0.464 e. The number of nitrogens with zero attached hydrogens (tertiary/aromatic N) is 1. The van der Waals surface area contributed by atoms with Gasteiger partial charge < -0.3 is 5.11 Å². The van der Waals surface area contributed by atoms with Crippen LogP contribution in [-0.2, 0) is 0 Å². The molecule has 0 atom stereocenters. The fraction of sp³-hybridized carbons (Fsp3) is 0.857. The van der Waals surface area contributed by atoms with Crippen LogP contribution < -0.4 is 0 Å². The molecule has 1 aliphatic heterocycles. The molecule has 0 amide bonds. The first kappa shape index (κ1) is 6.59. The van der Waals surface area contributed by atoms with Crippen molar-refractivity contribution in [1.82, 2.24) is 0 Å². The van der Waals surface area contributed by atoms with Gasteiger partial charge in [0.1, 0.15) is 13.1 Å². The highest BCUT2D eigenvalue weighted by Crippen LogP contribution is 2.01. The number of aliphatic hydroxyl groups excluding tert-OH is 1. The predicted molar refractivity (Wildman–Crippen MR) is 37.2 cm³/mol. The summed E-state index contributed by atoms with van der Waals surface area (Å²) in [6, 6.07) is 0. The first-order valence-electron chi connectivity index (χ1n) is 3.64. The van der Waals surface area contributed by atoms with E-state index in [9.17, 15) is 0 Å². The lowest BCUT2D eigenvalue weighted by atomic mass is 10.4. The monoisotopic (exact) mass is 128 g/mol. The van der Waals surface area contributed by atoms with Gasteiger partial charge in [0.05, 0.1) is 6.42 Å². The van der Waals surface area contributed by atoms with Gasteiger partial charge in [0.2, 0.25) is 0 Å². The lowest BCUT2D eigenvalue weighted by Gasteiger charge is -1.92. The van der Waals surface area contributed by atoms with Crippen LogP contribution in [0, 0.1) is 0 Å². The van der Waals surface area contributed by atoms with Gasteiger partial charge in [-0.25, -0.2) is 4.58 Å². The first-order chi connectivity index (χ1) is 4.34. The van der Waals surface area contributed by atoms with Crippen LogP contribution in [0.2, 0.25) is 0 Å². The summed E-state index contributed by atoms with van der Waals surface area (Å²) < 4.78 is 2.06. The minimum absolute atomic E-state index is 0.594. The third-order valence-corrected chi connectivity index (χ3v) is 1.69. The molecule has 0 saturated heterocycles. The van der Waals surface area contributed by atoms with Crippen LogP contribution in [-0.4, -0.2) is 28.7 Å². The van der Waals surface area contributed by atoms with Crippen molar-refractivity contribution in [1.29, 1.82) is 0 Å². The van der Waals surface area contributed by atoms with Crippen molar-refractivity contribution < 1.29 is 9.68 Å². The van der Waals surface area contributed by atoms with Gasteiger partial charge in [0, 0.05) is 12.8 Å². The summed E-state index contributed by atoms with van der Waals surface area (Å²) in [5.41, 5.74) is 0. The molecule has 0 aromatic heterocycles. The maximum Gasteiger partial charge on any atom is 0.334 e. The summed E-state index contributed by atoms with van der Waals surface area (Å²) in [4.78, 5) is 0. The van der Waals surface area contributed by atoms with Crippen LogP contribution in [0.25, 0.3) is 0 Å². The van der Waals surface area contributed by atoms with Crippen molar-refractivity contribution in [3.05, 3.63) is 0 Å². The summed E-state index contributed by atoms with van der Waals surface area (Å²) in [5.74, 6) is 0.594. The minimum atomic E-state index is 0.594. The van der Waals surface area contributed by atoms with E-state index in [4.69, 9.17) is 5.11 Å². The van der Waals surface area contributed by atoms with Crippen molar-refractivity contribution in [2.45, 2.75) is 26.2 Å². The average Bonchev–Trinajstić information content (AvgIpc) is 2.18. The van der Waals surface area contributed by atoms with Crippen LogP contribution in [0.1, 0.15) is 26.2 Å². The molecule has 0 saturated carbocycles. The fourth-order valence-corrected chi connectivity index (χ4v) is 1.23. The second kappa shape index (κ2) is 2.85. The van der Waals surface area contributed by atoms with Gasteiger partial charge in [0.15, 0.2) is 0 Å². The van der Waals surface area contributed by atoms with Crippen molar-refractivity contribution in [3.8, 4) is 0 Å². The minimum Gasteiger partial charge on any atom is -0.464 e.